The van der Waals surface area contributed by atoms with Crippen molar-refractivity contribution in [2.45, 2.75) is 19.3 Å². The van der Waals surface area contributed by atoms with Crippen molar-refractivity contribution in [2.24, 2.45) is 0 Å². The SMILES string of the molecule is S[P+]1(S)CCCCC1. The third-order valence-corrected chi connectivity index (χ3v) is 6.00. The van der Waals surface area contributed by atoms with Crippen molar-refractivity contribution < 1.29 is 0 Å². The first-order valence-corrected chi connectivity index (χ1v) is 7.50. The number of hydrogen-bond donors (Lipinski definition) is 2. The fraction of sp³-hybridized carbons (Fsp3) is 1.00. The van der Waals surface area contributed by atoms with Gasteiger partial charge < -0.3 is 0 Å². The van der Waals surface area contributed by atoms with Crippen LogP contribution in [0.1, 0.15) is 19.3 Å². The molecule has 0 nitrogen and oxygen atoms in total. The Morgan fingerprint density at radius 1 is 0.875 bits per heavy atom. The molecule has 1 rings (SSSR count). The molecule has 0 atom stereocenters. The fourth-order valence-electron chi connectivity index (χ4n) is 1.02. The van der Waals surface area contributed by atoms with Crippen molar-refractivity contribution in [3.63, 3.8) is 0 Å². The summed E-state index contributed by atoms with van der Waals surface area (Å²) >= 11 is 8.99. The molecule has 0 unspecified atom stereocenters. The molecule has 1 aliphatic rings. The van der Waals surface area contributed by atoms with Gasteiger partial charge in [0.25, 0.3) is 0 Å². The minimum Gasteiger partial charge on any atom is -0.0463 e. The predicted molar refractivity (Wildman–Crippen MR) is 48.5 cm³/mol. The lowest BCUT2D eigenvalue weighted by Crippen LogP contribution is -1.99. The van der Waals surface area contributed by atoms with Crippen LogP contribution in [-0.2, 0) is 0 Å². The zero-order valence-electron chi connectivity index (χ0n) is 4.88. The summed E-state index contributed by atoms with van der Waals surface area (Å²) < 4.78 is 0. The van der Waals surface area contributed by atoms with E-state index in [9.17, 15) is 0 Å². The first-order chi connectivity index (χ1) is 3.71. The van der Waals surface area contributed by atoms with Gasteiger partial charge in [-0.1, -0.05) is 0 Å². The molecule has 48 valence electrons. The van der Waals surface area contributed by atoms with E-state index < -0.39 is 5.67 Å². The zero-order valence-corrected chi connectivity index (χ0v) is 7.56. The quantitative estimate of drug-likeness (QED) is 0.402. The van der Waals surface area contributed by atoms with Gasteiger partial charge in [0, 0.05) is 24.5 Å². The van der Waals surface area contributed by atoms with Gasteiger partial charge >= 0.3 is 0 Å². The Morgan fingerprint density at radius 2 is 1.38 bits per heavy atom. The van der Waals surface area contributed by atoms with E-state index in [0.29, 0.717) is 0 Å². The number of thiol groups is 2. The van der Waals surface area contributed by atoms with Crippen molar-refractivity contribution in [1.82, 2.24) is 0 Å². The molecule has 0 radical (unpaired) electrons. The topological polar surface area (TPSA) is 0 Å². The molecule has 1 aliphatic heterocycles. The molecule has 0 aliphatic carbocycles. The summed E-state index contributed by atoms with van der Waals surface area (Å²) in [6.45, 7) is 0. The Kier molecular flexibility index (Phi) is 2.54. The lowest BCUT2D eigenvalue weighted by molar-refractivity contribution is 0.756. The maximum Gasteiger partial charge on any atom is 0.126 e. The van der Waals surface area contributed by atoms with Crippen LogP contribution in [0.2, 0.25) is 0 Å². The largest absolute Gasteiger partial charge is 0.126 e. The van der Waals surface area contributed by atoms with Crippen molar-refractivity contribution >= 4 is 30.2 Å². The summed E-state index contributed by atoms with van der Waals surface area (Å²) in [4.78, 5) is 0. The van der Waals surface area contributed by atoms with E-state index in [-0.39, 0.29) is 0 Å². The molecule has 0 aromatic rings. The van der Waals surface area contributed by atoms with Gasteiger partial charge in [-0.25, -0.2) is 0 Å². The monoisotopic (exact) mass is 167 g/mol. The summed E-state index contributed by atoms with van der Waals surface area (Å²) in [6.07, 6.45) is 6.71. The zero-order chi connectivity index (χ0) is 6.04. The Balaban J connectivity index is 2.33. The second-order valence-electron chi connectivity index (χ2n) is 2.39. The maximum atomic E-state index is 4.49. The highest BCUT2D eigenvalue weighted by Crippen LogP contribution is 2.70. The Labute approximate surface area is 62.1 Å². The molecule has 1 saturated heterocycles. The Morgan fingerprint density at radius 3 is 1.62 bits per heavy atom. The van der Waals surface area contributed by atoms with E-state index in [4.69, 9.17) is 0 Å². The average molecular weight is 167 g/mol. The van der Waals surface area contributed by atoms with E-state index in [2.05, 4.69) is 24.5 Å². The Hall–Kier alpha value is 1.13. The maximum absolute atomic E-state index is 4.49. The standard InChI is InChI=1S/C5H12PS2/c7-6(8)4-2-1-3-5-6/h7-8H,1-5H2/q+1. The second kappa shape index (κ2) is 2.81. The van der Waals surface area contributed by atoms with Gasteiger partial charge in [-0.2, -0.15) is 0 Å². The molecule has 1 heterocycles. The van der Waals surface area contributed by atoms with Crippen molar-refractivity contribution in [1.29, 1.82) is 0 Å². The first-order valence-electron chi connectivity index (χ1n) is 3.03. The summed E-state index contributed by atoms with van der Waals surface area (Å²) in [5.74, 6) is 0. The average Bonchev–Trinajstić information content (AvgIpc) is 1.65. The summed E-state index contributed by atoms with van der Waals surface area (Å²) in [5, 5.41) is 0. The second-order valence-corrected chi connectivity index (χ2v) is 10.6. The fourth-order valence-corrected chi connectivity index (χ4v) is 4.40. The molecule has 8 heavy (non-hydrogen) atoms. The van der Waals surface area contributed by atoms with Crippen LogP contribution < -0.4 is 0 Å². The summed E-state index contributed by atoms with van der Waals surface area (Å²) in [5.41, 5.74) is -0.948. The van der Waals surface area contributed by atoms with E-state index in [1.165, 1.54) is 31.6 Å². The van der Waals surface area contributed by atoms with E-state index in [1.54, 1.807) is 0 Å². The minimum absolute atomic E-state index is 0.948. The summed E-state index contributed by atoms with van der Waals surface area (Å²) in [7, 11) is 0. The summed E-state index contributed by atoms with van der Waals surface area (Å²) in [6, 6.07) is 0. The molecule has 0 saturated carbocycles. The highest BCUT2D eigenvalue weighted by molar-refractivity contribution is 8.85. The minimum atomic E-state index is -0.948. The van der Waals surface area contributed by atoms with Gasteiger partial charge in [-0.15, -0.1) is 0 Å². The molecular weight excluding hydrogens is 155 g/mol. The van der Waals surface area contributed by atoms with Crippen LogP contribution in [0.25, 0.3) is 0 Å². The van der Waals surface area contributed by atoms with E-state index in [1.807, 2.05) is 0 Å². The van der Waals surface area contributed by atoms with Gasteiger partial charge in [0.15, 0.2) is 0 Å². The van der Waals surface area contributed by atoms with Crippen LogP contribution in [0.5, 0.6) is 0 Å². The van der Waals surface area contributed by atoms with Crippen LogP contribution in [0, 0.1) is 0 Å². The molecular formula is C5H12PS2+. The van der Waals surface area contributed by atoms with Crippen LogP contribution in [-0.4, -0.2) is 12.3 Å². The van der Waals surface area contributed by atoms with Gasteiger partial charge in [-0.05, 0) is 19.3 Å². The molecule has 0 aromatic heterocycles. The van der Waals surface area contributed by atoms with E-state index in [0.717, 1.165) is 0 Å². The lowest BCUT2D eigenvalue weighted by Gasteiger charge is -2.18. The Bertz CT molecular complexity index is 74.5. The van der Waals surface area contributed by atoms with Crippen LogP contribution in [0.15, 0.2) is 0 Å². The van der Waals surface area contributed by atoms with Crippen molar-refractivity contribution in [2.75, 3.05) is 12.3 Å². The molecule has 0 amide bonds. The predicted octanol–water partition coefficient (Wildman–Crippen LogP) is 2.88. The number of rotatable bonds is 0. The first kappa shape index (κ1) is 7.24. The smallest absolute Gasteiger partial charge is 0.0463 e. The molecule has 3 heteroatoms. The van der Waals surface area contributed by atoms with Crippen LogP contribution in [0.3, 0.4) is 0 Å². The van der Waals surface area contributed by atoms with Crippen LogP contribution >= 0.6 is 30.2 Å². The lowest BCUT2D eigenvalue weighted by atomic mass is 10.3. The third-order valence-electron chi connectivity index (χ3n) is 1.53. The van der Waals surface area contributed by atoms with Crippen molar-refractivity contribution in [3.8, 4) is 0 Å². The highest BCUT2D eigenvalue weighted by atomic mass is 33.1. The highest BCUT2D eigenvalue weighted by Gasteiger charge is 2.30. The van der Waals surface area contributed by atoms with Gasteiger partial charge in [0.1, 0.15) is 5.67 Å². The van der Waals surface area contributed by atoms with Crippen LogP contribution in [0.4, 0.5) is 0 Å². The molecule has 1 fully saturated rings. The van der Waals surface area contributed by atoms with Gasteiger partial charge in [-0.3, -0.25) is 0 Å². The molecule has 0 spiro atoms. The molecule has 0 aromatic carbocycles. The number of hydrogen-bond acceptors (Lipinski definition) is 2. The van der Waals surface area contributed by atoms with Crippen molar-refractivity contribution in [3.05, 3.63) is 0 Å². The van der Waals surface area contributed by atoms with Gasteiger partial charge in [0.05, 0.1) is 12.3 Å². The molecule has 0 bridgehead atoms. The van der Waals surface area contributed by atoms with E-state index >= 15 is 0 Å². The third kappa shape index (κ3) is 2.16. The molecule has 0 N–H and O–H groups in total. The normalized spacial score (nSPS) is 27.8. The van der Waals surface area contributed by atoms with Gasteiger partial charge in [0.2, 0.25) is 0 Å².